The molecule has 29 heavy (non-hydrogen) atoms. The van der Waals surface area contributed by atoms with Crippen LogP contribution < -0.4 is 5.32 Å². The summed E-state index contributed by atoms with van der Waals surface area (Å²) in [5, 5.41) is 8.19. The van der Waals surface area contributed by atoms with Crippen LogP contribution in [0.4, 0.5) is 5.82 Å². The molecule has 3 nitrogen and oxygen atoms in total. The summed E-state index contributed by atoms with van der Waals surface area (Å²) in [4.78, 5) is 0. The minimum atomic E-state index is 0.784. The summed E-state index contributed by atoms with van der Waals surface area (Å²) >= 11 is 0. The zero-order chi connectivity index (χ0) is 20.4. The van der Waals surface area contributed by atoms with Crippen molar-refractivity contribution in [2.24, 2.45) is 7.05 Å². The molecular formula is C26H27N3. The zero-order valence-electron chi connectivity index (χ0n) is 17.5. The molecule has 0 aliphatic rings. The fourth-order valence-electron chi connectivity index (χ4n) is 3.54. The van der Waals surface area contributed by atoms with E-state index in [1.165, 1.54) is 33.4 Å². The molecule has 0 amide bonds. The number of rotatable bonds is 5. The summed E-state index contributed by atoms with van der Waals surface area (Å²) < 4.78 is 1.91. The highest BCUT2D eigenvalue weighted by Crippen LogP contribution is 2.27. The van der Waals surface area contributed by atoms with Crippen LogP contribution in [0, 0.1) is 20.8 Å². The second-order valence-electron chi connectivity index (χ2n) is 7.76. The van der Waals surface area contributed by atoms with Crippen molar-refractivity contribution in [3.8, 4) is 22.4 Å². The van der Waals surface area contributed by atoms with Crippen LogP contribution in [0.1, 0.15) is 22.3 Å². The molecule has 0 unspecified atom stereocenters. The predicted octanol–water partition coefficient (Wildman–Crippen LogP) is 6.29. The van der Waals surface area contributed by atoms with Gasteiger partial charge in [0.1, 0.15) is 5.82 Å². The largest absolute Gasteiger partial charge is 0.366 e. The van der Waals surface area contributed by atoms with Gasteiger partial charge >= 0.3 is 0 Å². The van der Waals surface area contributed by atoms with Crippen LogP contribution in [0.15, 0.2) is 72.8 Å². The number of hydrogen-bond acceptors (Lipinski definition) is 2. The molecule has 0 saturated carbocycles. The normalized spacial score (nSPS) is 10.9. The maximum Gasteiger partial charge on any atom is 0.124 e. The standard InChI is InChI=1S/C26H27N3/c1-18-6-5-7-21(14-18)17-27-26-16-25(28-29(26)4)23-12-10-22(11-13-23)24-9-8-19(2)20(3)15-24/h5-16,27H,17H2,1-4H3. The zero-order valence-corrected chi connectivity index (χ0v) is 17.5. The van der Waals surface area contributed by atoms with E-state index in [9.17, 15) is 0 Å². The van der Waals surface area contributed by atoms with Gasteiger partial charge in [-0.1, -0.05) is 72.3 Å². The maximum atomic E-state index is 4.69. The molecule has 4 rings (SSSR count). The molecule has 0 spiro atoms. The Morgan fingerprint density at radius 1 is 0.759 bits per heavy atom. The second kappa shape index (κ2) is 7.96. The molecule has 4 aromatic rings. The van der Waals surface area contributed by atoms with Gasteiger partial charge in [-0.3, -0.25) is 4.68 Å². The Bertz CT molecular complexity index is 1140. The fraction of sp³-hybridized carbons (Fsp3) is 0.192. The Morgan fingerprint density at radius 3 is 2.21 bits per heavy atom. The lowest BCUT2D eigenvalue weighted by atomic mass is 9.99. The monoisotopic (exact) mass is 381 g/mol. The molecule has 3 heteroatoms. The number of aryl methyl sites for hydroxylation is 4. The van der Waals surface area contributed by atoms with Gasteiger partial charge in [-0.2, -0.15) is 5.10 Å². The molecule has 0 saturated heterocycles. The number of anilines is 1. The van der Waals surface area contributed by atoms with Crippen molar-refractivity contribution in [2.75, 3.05) is 5.32 Å². The van der Waals surface area contributed by atoms with E-state index in [0.29, 0.717) is 0 Å². The molecule has 0 fully saturated rings. The lowest BCUT2D eigenvalue weighted by molar-refractivity contribution is 0.772. The van der Waals surface area contributed by atoms with Crippen molar-refractivity contribution in [3.05, 3.63) is 95.1 Å². The van der Waals surface area contributed by atoms with Crippen molar-refractivity contribution in [1.82, 2.24) is 9.78 Å². The predicted molar refractivity (Wildman–Crippen MR) is 122 cm³/mol. The van der Waals surface area contributed by atoms with Crippen LogP contribution in [-0.4, -0.2) is 9.78 Å². The highest BCUT2D eigenvalue weighted by atomic mass is 15.3. The van der Waals surface area contributed by atoms with Gasteiger partial charge in [0.25, 0.3) is 0 Å². The van der Waals surface area contributed by atoms with Gasteiger partial charge in [0.05, 0.1) is 5.69 Å². The summed E-state index contributed by atoms with van der Waals surface area (Å²) in [6, 6.07) is 25.9. The van der Waals surface area contributed by atoms with E-state index in [1.54, 1.807) is 0 Å². The molecular weight excluding hydrogens is 354 g/mol. The van der Waals surface area contributed by atoms with Gasteiger partial charge < -0.3 is 5.32 Å². The first-order valence-corrected chi connectivity index (χ1v) is 10.0. The first kappa shape index (κ1) is 19.0. The molecule has 0 aliphatic heterocycles. The van der Waals surface area contributed by atoms with Gasteiger partial charge in [0.15, 0.2) is 0 Å². The Hall–Kier alpha value is -3.33. The maximum absolute atomic E-state index is 4.69. The summed E-state index contributed by atoms with van der Waals surface area (Å²) in [6.45, 7) is 7.21. The summed E-state index contributed by atoms with van der Waals surface area (Å²) in [5.41, 5.74) is 9.77. The number of nitrogens with zero attached hydrogens (tertiary/aromatic N) is 2. The molecule has 0 bridgehead atoms. The SMILES string of the molecule is Cc1cccc(CNc2cc(-c3ccc(-c4ccc(C)c(C)c4)cc3)nn2C)c1. The molecule has 0 atom stereocenters. The number of aromatic nitrogens is 2. The second-order valence-corrected chi connectivity index (χ2v) is 7.76. The topological polar surface area (TPSA) is 29.9 Å². The van der Waals surface area contributed by atoms with E-state index in [2.05, 4.69) is 98.9 Å². The first-order valence-electron chi connectivity index (χ1n) is 10.0. The highest BCUT2D eigenvalue weighted by molar-refractivity contribution is 5.70. The molecule has 1 heterocycles. The minimum Gasteiger partial charge on any atom is -0.366 e. The van der Waals surface area contributed by atoms with Crippen molar-refractivity contribution in [3.63, 3.8) is 0 Å². The van der Waals surface area contributed by atoms with Crippen molar-refractivity contribution in [2.45, 2.75) is 27.3 Å². The fourth-order valence-corrected chi connectivity index (χ4v) is 3.54. The number of nitrogens with one attached hydrogen (secondary N) is 1. The highest BCUT2D eigenvalue weighted by Gasteiger charge is 2.08. The van der Waals surface area contributed by atoms with Crippen molar-refractivity contribution < 1.29 is 0 Å². The van der Waals surface area contributed by atoms with E-state index >= 15 is 0 Å². The van der Waals surface area contributed by atoms with Crippen LogP contribution in [0.2, 0.25) is 0 Å². The van der Waals surface area contributed by atoms with Crippen LogP contribution in [0.5, 0.6) is 0 Å². The molecule has 146 valence electrons. The third-order valence-electron chi connectivity index (χ3n) is 5.46. The van der Waals surface area contributed by atoms with Gasteiger partial charge in [0, 0.05) is 25.2 Å². The van der Waals surface area contributed by atoms with Crippen LogP contribution in [0.25, 0.3) is 22.4 Å². The van der Waals surface area contributed by atoms with Crippen LogP contribution in [0.3, 0.4) is 0 Å². The minimum absolute atomic E-state index is 0.784. The Labute approximate surface area is 173 Å². The van der Waals surface area contributed by atoms with Gasteiger partial charge in [-0.15, -0.1) is 0 Å². The lowest BCUT2D eigenvalue weighted by Crippen LogP contribution is -2.04. The average Bonchev–Trinajstić information content (AvgIpc) is 3.09. The number of benzene rings is 3. The first-order chi connectivity index (χ1) is 14.0. The number of hydrogen-bond donors (Lipinski definition) is 1. The molecule has 1 N–H and O–H groups in total. The molecule has 0 radical (unpaired) electrons. The average molecular weight is 382 g/mol. The summed E-state index contributed by atoms with van der Waals surface area (Å²) in [6.07, 6.45) is 0. The van der Waals surface area contributed by atoms with Gasteiger partial charge in [-0.05, 0) is 48.6 Å². The van der Waals surface area contributed by atoms with E-state index in [0.717, 1.165) is 23.6 Å². The Kier molecular flexibility index (Phi) is 5.22. The Balaban J connectivity index is 1.51. The van der Waals surface area contributed by atoms with Crippen molar-refractivity contribution in [1.29, 1.82) is 0 Å². The van der Waals surface area contributed by atoms with Gasteiger partial charge in [-0.25, -0.2) is 0 Å². The molecule has 1 aromatic heterocycles. The Morgan fingerprint density at radius 2 is 1.48 bits per heavy atom. The van der Waals surface area contributed by atoms with E-state index in [4.69, 9.17) is 5.10 Å². The van der Waals surface area contributed by atoms with E-state index < -0.39 is 0 Å². The van der Waals surface area contributed by atoms with E-state index in [1.807, 2.05) is 11.7 Å². The van der Waals surface area contributed by atoms with Crippen molar-refractivity contribution >= 4 is 5.82 Å². The van der Waals surface area contributed by atoms with E-state index in [-0.39, 0.29) is 0 Å². The third-order valence-corrected chi connectivity index (χ3v) is 5.46. The summed E-state index contributed by atoms with van der Waals surface area (Å²) in [7, 11) is 1.98. The van der Waals surface area contributed by atoms with Crippen LogP contribution >= 0.6 is 0 Å². The van der Waals surface area contributed by atoms with Crippen LogP contribution in [-0.2, 0) is 13.6 Å². The third kappa shape index (κ3) is 4.24. The molecule has 3 aromatic carbocycles. The summed E-state index contributed by atoms with van der Waals surface area (Å²) in [5.74, 6) is 1.01. The van der Waals surface area contributed by atoms with Gasteiger partial charge in [0.2, 0.25) is 0 Å². The smallest absolute Gasteiger partial charge is 0.124 e. The molecule has 0 aliphatic carbocycles. The quantitative estimate of drug-likeness (QED) is 0.440. The lowest BCUT2D eigenvalue weighted by Gasteiger charge is -2.06.